The van der Waals surface area contributed by atoms with E-state index in [-0.39, 0.29) is 18.7 Å². The van der Waals surface area contributed by atoms with Gasteiger partial charge in [-0.1, -0.05) is 6.07 Å². The molecule has 0 aromatic heterocycles. The second-order valence-corrected chi connectivity index (χ2v) is 6.21. The van der Waals surface area contributed by atoms with Crippen molar-refractivity contribution in [3.63, 3.8) is 0 Å². The van der Waals surface area contributed by atoms with Crippen LogP contribution < -0.4 is 0 Å². The summed E-state index contributed by atoms with van der Waals surface area (Å²) in [5, 5.41) is 0. The number of hydrogen-bond acceptors (Lipinski definition) is 2. The number of ether oxygens (including phenoxy) is 1. The number of alkyl halides is 1. The zero-order valence-electron chi connectivity index (χ0n) is 12.2. The Morgan fingerprint density at radius 3 is 2.48 bits per heavy atom. The molecule has 1 saturated heterocycles. The lowest BCUT2D eigenvalue weighted by atomic mass is 9.90. The van der Waals surface area contributed by atoms with Crippen LogP contribution in [-0.2, 0) is 4.74 Å². The monoisotopic (exact) mass is 301 g/mol. The molecule has 1 aliphatic heterocycles. The Morgan fingerprint density at radius 2 is 1.95 bits per heavy atom. The number of halogens is 3. The summed E-state index contributed by atoms with van der Waals surface area (Å²) in [6.45, 7) is 5.55. The van der Waals surface area contributed by atoms with Crippen LogP contribution >= 0.6 is 0 Å². The van der Waals surface area contributed by atoms with Gasteiger partial charge in [-0.15, -0.1) is 0 Å². The van der Waals surface area contributed by atoms with Crippen LogP contribution in [0, 0.1) is 17.6 Å². The molecule has 2 rings (SSSR count). The van der Waals surface area contributed by atoms with Crippen molar-refractivity contribution in [3.05, 3.63) is 35.4 Å². The van der Waals surface area contributed by atoms with Gasteiger partial charge in [-0.25, -0.2) is 18.0 Å². The summed E-state index contributed by atoms with van der Waals surface area (Å²) in [6.07, 6.45) is -2.07. The predicted octanol–water partition coefficient (Wildman–Crippen LogP) is 3.84. The van der Waals surface area contributed by atoms with Gasteiger partial charge in [0.05, 0.1) is 0 Å². The van der Waals surface area contributed by atoms with Crippen molar-refractivity contribution in [2.75, 3.05) is 13.1 Å². The Hall–Kier alpha value is -1.72. The van der Waals surface area contributed by atoms with Crippen LogP contribution in [0.1, 0.15) is 32.5 Å². The number of benzene rings is 1. The van der Waals surface area contributed by atoms with Gasteiger partial charge in [-0.2, -0.15) is 0 Å². The van der Waals surface area contributed by atoms with E-state index in [9.17, 15) is 18.0 Å². The zero-order valence-corrected chi connectivity index (χ0v) is 12.2. The highest BCUT2D eigenvalue weighted by atomic mass is 19.1. The molecule has 1 atom stereocenters. The molecule has 0 spiro atoms. The van der Waals surface area contributed by atoms with Gasteiger partial charge in [-0.05, 0) is 26.8 Å². The summed E-state index contributed by atoms with van der Waals surface area (Å²) in [5.41, 5.74) is -0.786. The standard InChI is InChI=1S/C15H18F3NO2/c1-15(2,3)21-14(20)19-7-9(8-19)13(18)11-5-4-10(16)6-12(11)17/h4-6,9,13H,7-8H2,1-3H3. The SMILES string of the molecule is CC(C)(C)OC(=O)N1CC(C(F)c2ccc(F)cc2F)C1. The summed E-state index contributed by atoms with van der Waals surface area (Å²) in [5.74, 6) is -2.15. The Labute approximate surface area is 121 Å². The van der Waals surface area contributed by atoms with Gasteiger partial charge in [0.25, 0.3) is 0 Å². The van der Waals surface area contributed by atoms with Crippen molar-refractivity contribution in [2.45, 2.75) is 32.5 Å². The van der Waals surface area contributed by atoms with Gasteiger partial charge in [-0.3, -0.25) is 0 Å². The summed E-state index contributed by atoms with van der Waals surface area (Å²) in [4.78, 5) is 13.1. The first-order valence-corrected chi connectivity index (χ1v) is 6.74. The summed E-state index contributed by atoms with van der Waals surface area (Å²) < 4.78 is 45.7. The van der Waals surface area contributed by atoms with E-state index in [4.69, 9.17) is 4.74 Å². The van der Waals surface area contributed by atoms with Crippen molar-refractivity contribution in [2.24, 2.45) is 5.92 Å². The molecule has 1 fully saturated rings. The van der Waals surface area contributed by atoms with Crippen molar-refractivity contribution >= 4 is 6.09 Å². The minimum Gasteiger partial charge on any atom is -0.444 e. The predicted molar refractivity (Wildman–Crippen MR) is 71.5 cm³/mol. The summed E-state index contributed by atoms with van der Waals surface area (Å²) in [7, 11) is 0. The molecule has 0 bridgehead atoms. The highest BCUT2D eigenvalue weighted by Crippen LogP contribution is 2.35. The second kappa shape index (κ2) is 5.58. The highest BCUT2D eigenvalue weighted by molar-refractivity contribution is 5.69. The molecule has 0 radical (unpaired) electrons. The number of hydrogen-bond donors (Lipinski definition) is 0. The maximum atomic E-state index is 14.2. The van der Waals surface area contributed by atoms with Gasteiger partial charge in [0.2, 0.25) is 0 Å². The van der Waals surface area contributed by atoms with Gasteiger partial charge >= 0.3 is 6.09 Å². The van der Waals surface area contributed by atoms with Crippen molar-refractivity contribution < 1.29 is 22.7 Å². The van der Waals surface area contributed by atoms with Crippen LogP contribution in [-0.4, -0.2) is 29.7 Å². The van der Waals surface area contributed by atoms with E-state index in [0.717, 1.165) is 12.1 Å². The molecular formula is C15H18F3NO2. The van der Waals surface area contributed by atoms with Crippen molar-refractivity contribution in [1.82, 2.24) is 4.90 Å². The number of rotatable bonds is 2. The molecule has 1 unspecified atom stereocenters. The summed E-state index contributed by atoms with van der Waals surface area (Å²) in [6, 6.07) is 2.78. The number of carbonyl (C=O) groups is 1. The smallest absolute Gasteiger partial charge is 0.410 e. The Kier molecular flexibility index (Phi) is 4.16. The van der Waals surface area contributed by atoms with E-state index < -0.39 is 35.4 Å². The van der Waals surface area contributed by atoms with Gasteiger partial charge in [0.15, 0.2) is 0 Å². The Balaban J connectivity index is 1.93. The van der Waals surface area contributed by atoms with E-state index in [0.29, 0.717) is 6.07 Å². The largest absolute Gasteiger partial charge is 0.444 e. The molecule has 0 N–H and O–H groups in total. The zero-order chi connectivity index (χ0) is 15.8. The molecule has 1 aromatic carbocycles. The molecule has 6 heteroatoms. The Bertz CT molecular complexity index is 536. The van der Waals surface area contributed by atoms with Crippen molar-refractivity contribution in [3.8, 4) is 0 Å². The summed E-state index contributed by atoms with van der Waals surface area (Å²) >= 11 is 0. The molecule has 0 saturated carbocycles. The van der Waals surface area contributed by atoms with Crippen LogP contribution in [0.2, 0.25) is 0 Å². The second-order valence-electron chi connectivity index (χ2n) is 6.21. The Morgan fingerprint density at radius 1 is 1.33 bits per heavy atom. The molecule has 21 heavy (non-hydrogen) atoms. The van der Waals surface area contributed by atoms with Crippen molar-refractivity contribution in [1.29, 1.82) is 0 Å². The minimum absolute atomic E-state index is 0.160. The molecule has 3 nitrogen and oxygen atoms in total. The molecule has 1 aliphatic rings. The minimum atomic E-state index is -1.57. The third-order valence-electron chi connectivity index (χ3n) is 3.23. The molecule has 116 valence electrons. The number of nitrogens with zero attached hydrogens (tertiary/aromatic N) is 1. The quantitative estimate of drug-likeness (QED) is 0.830. The first-order valence-electron chi connectivity index (χ1n) is 6.74. The molecule has 1 amide bonds. The maximum absolute atomic E-state index is 14.2. The first-order chi connectivity index (χ1) is 9.67. The third kappa shape index (κ3) is 3.68. The lowest BCUT2D eigenvalue weighted by Gasteiger charge is -2.41. The fourth-order valence-electron chi connectivity index (χ4n) is 2.15. The topological polar surface area (TPSA) is 29.5 Å². The van der Waals surface area contributed by atoms with Crippen LogP contribution in [0.15, 0.2) is 18.2 Å². The van der Waals surface area contributed by atoms with Crippen LogP contribution in [0.3, 0.4) is 0 Å². The number of amides is 1. The first kappa shape index (κ1) is 15.7. The normalized spacial score (nSPS) is 17.3. The number of likely N-dealkylation sites (tertiary alicyclic amines) is 1. The highest BCUT2D eigenvalue weighted by Gasteiger charge is 2.39. The van der Waals surface area contributed by atoms with E-state index in [2.05, 4.69) is 0 Å². The van der Waals surface area contributed by atoms with Crippen LogP contribution in [0.4, 0.5) is 18.0 Å². The molecular weight excluding hydrogens is 283 g/mol. The third-order valence-corrected chi connectivity index (χ3v) is 3.23. The van der Waals surface area contributed by atoms with Crippen LogP contribution in [0.25, 0.3) is 0 Å². The van der Waals surface area contributed by atoms with E-state index in [1.54, 1.807) is 20.8 Å². The maximum Gasteiger partial charge on any atom is 0.410 e. The molecule has 1 aromatic rings. The van der Waals surface area contributed by atoms with Gasteiger partial charge < -0.3 is 9.64 Å². The van der Waals surface area contributed by atoms with Crippen LogP contribution in [0.5, 0.6) is 0 Å². The average molecular weight is 301 g/mol. The lowest BCUT2D eigenvalue weighted by molar-refractivity contribution is -0.0158. The lowest BCUT2D eigenvalue weighted by Crippen LogP contribution is -2.53. The van der Waals surface area contributed by atoms with Gasteiger partial charge in [0.1, 0.15) is 23.4 Å². The van der Waals surface area contributed by atoms with E-state index in [1.807, 2.05) is 0 Å². The fraction of sp³-hybridized carbons (Fsp3) is 0.533. The average Bonchev–Trinajstić information content (AvgIpc) is 2.23. The number of carbonyl (C=O) groups excluding carboxylic acids is 1. The fourth-order valence-corrected chi connectivity index (χ4v) is 2.15. The van der Waals surface area contributed by atoms with E-state index >= 15 is 0 Å². The molecule has 0 aliphatic carbocycles. The van der Waals surface area contributed by atoms with Gasteiger partial charge in [0, 0.05) is 30.6 Å². The van der Waals surface area contributed by atoms with E-state index in [1.165, 1.54) is 4.90 Å². The molecule has 1 heterocycles.